The topological polar surface area (TPSA) is 117 Å². The number of amides is 2. The number of carbonyl (C=O) groups excluding carboxylic acids is 3. The predicted molar refractivity (Wildman–Crippen MR) is 187 cm³/mol. The van der Waals surface area contributed by atoms with E-state index in [1.54, 1.807) is 24.2 Å². The number of hydrogen-bond donors (Lipinski definition) is 2. The normalized spacial score (nSPS) is 19.3. The van der Waals surface area contributed by atoms with Crippen LogP contribution < -0.4 is 20.4 Å². The molecule has 0 saturated heterocycles. The van der Waals surface area contributed by atoms with Crippen molar-refractivity contribution in [3.63, 3.8) is 0 Å². The lowest BCUT2D eigenvalue weighted by Gasteiger charge is -2.43. The Balaban J connectivity index is 1.14. The van der Waals surface area contributed by atoms with Crippen LogP contribution in [0.4, 0.5) is 27.5 Å². The molecule has 2 aliphatic carbocycles. The third-order valence-electron chi connectivity index (χ3n) is 9.65. The maximum Gasteiger partial charge on any atom is 0.328 e. The molecule has 260 valence electrons. The number of esters is 1. The van der Waals surface area contributed by atoms with E-state index in [1.807, 2.05) is 39.0 Å². The van der Waals surface area contributed by atoms with E-state index >= 15 is 4.39 Å². The number of fused-ring (bicyclic) bond motifs is 1. The van der Waals surface area contributed by atoms with E-state index in [0.717, 1.165) is 51.4 Å². The van der Waals surface area contributed by atoms with Crippen LogP contribution in [0.15, 0.2) is 30.5 Å². The molecule has 1 aromatic carbocycles. The Bertz CT molecular complexity index is 1470. The van der Waals surface area contributed by atoms with E-state index in [1.165, 1.54) is 6.07 Å². The number of unbranched alkanes of at least 4 members (excludes halogenated alkanes) is 1. The van der Waals surface area contributed by atoms with Gasteiger partial charge in [0, 0.05) is 19.5 Å². The van der Waals surface area contributed by atoms with E-state index in [-0.39, 0.29) is 59.9 Å². The Morgan fingerprint density at radius 3 is 2.54 bits per heavy atom. The third kappa shape index (κ3) is 8.71. The van der Waals surface area contributed by atoms with Gasteiger partial charge in [0.25, 0.3) is 0 Å². The lowest BCUT2D eigenvalue weighted by atomic mass is 10.0. The molecule has 5 rings (SSSR count). The molecule has 0 unspecified atom stereocenters. The molecule has 2 heterocycles. The number of halogens is 1. The molecule has 2 saturated carbocycles. The lowest BCUT2D eigenvalue weighted by Crippen LogP contribution is -2.55. The Morgan fingerprint density at radius 1 is 1.12 bits per heavy atom. The lowest BCUT2D eigenvalue weighted by molar-refractivity contribution is -0.153. The number of benzene rings is 1. The van der Waals surface area contributed by atoms with Crippen molar-refractivity contribution in [2.45, 2.75) is 128 Å². The smallest absolute Gasteiger partial charge is 0.328 e. The molecule has 0 radical (unpaired) electrons. The van der Waals surface area contributed by atoms with Crippen molar-refractivity contribution in [1.29, 1.82) is 0 Å². The number of nitrogens with zero attached hydrogens (tertiary/aromatic N) is 4. The number of allylic oxidation sites excluding steroid dienone is 1. The van der Waals surface area contributed by atoms with Crippen LogP contribution in [-0.4, -0.2) is 59.0 Å². The molecular formula is C37H51FN6O4. The number of nitrogens with one attached hydrogen (secondary N) is 2. The predicted octanol–water partition coefficient (Wildman–Crippen LogP) is 7.06. The third-order valence-corrected chi connectivity index (χ3v) is 9.65. The Hall–Kier alpha value is -4.02. The highest BCUT2D eigenvalue weighted by atomic mass is 19.1. The average Bonchev–Trinajstić information content (AvgIpc) is 3.78. The zero-order valence-corrected chi connectivity index (χ0v) is 28.8. The fourth-order valence-corrected chi connectivity index (χ4v) is 7.10. The molecule has 2 fully saturated rings. The maximum absolute atomic E-state index is 15.2. The molecule has 3 aliphatic rings. The molecular weight excluding hydrogens is 611 g/mol. The molecule has 0 bridgehead atoms. The van der Waals surface area contributed by atoms with Gasteiger partial charge in [-0.05, 0) is 87.8 Å². The van der Waals surface area contributed by atoms with E-state index in [4.69, 9.17) is 9.72 Å². The molecule has 10 nitrogen and oxygen atoms in total. The Kier molecular flexibility index (Phi) is 12.1. The first-order chi connectivity index (χ1) is 23.1. The summed E-state index contributed by atoms with van der Waals surface area (Å²) in [7, 11) is 1.76. The zero-order chi connectivity index (χ0) is 34.2. The summed E-state index contributed by atoms with van der Waals surface area (Å²) in [6.07, 6.45) is 16.3. The molecule has 2 atom stereocenters. The van der Waals surface area contributed by atoms with Crippen LogP contribution >= 0.6 is 0 Å². The van der Waals surface area contributed by atoms with Crippen molar-refractivity contribution in [2.75, 3.05) is 22.2 Å². The first-order valence-electron chi connectivity index (χ1n) is 17.8. The van der Waals surface area contributed by atoms with Gasteiger partial charge >= 0.3 is 5.97 Å². The van der Waals surface area contributed by atoms with Crippen molar-refractivity contribution in [3.8, 4) is 0 Å². The van der Waals surface area contributed by atoms with Crippen LogP contribution in [0.3, 0.4) is 0 Å². The van der Waals surface area contributed by atoms with Crippen LogP contribution in [0.2, 0.25) is 0 Å². The van der Waals surface area contributed by atoms with E-state index < -0.39 is 11.9 Å². The van der Waals surface area contributed by atoms with Crippen LogP contribution in [-0.2, 0) is 19.1 Å². The van der Waals surface area contributed by atoms with Crippen LogP contribution in [0.5, 0.6) is 0 Å². The Labute approximate surface area is 283 Å². The molecule has 11 heteroatoms. The highest BCUT2D eigenvalue weighted by molar-refractivity contribution is 6.04. The molecule has 2 aromatic rings. The summed E-state index contributed by atoms with van der Waals surface area (Å²) < 4.78 is 20.9. The van der Waals surface area contributed by atoms with Gasteiger partial charge < -0.3 is 25.2 Å². The van der Waals surface area contributed by atoms with Crippen molar-refractivity contribution in [3.05, 3.63) is 41.9 Å². The minimum Gasteiger partial charge on any atom is -0.461 e. The van der Waals surface area contributed by atoms with Crippen molar-refractivity contribution >= 4 is 47.0 Å². The summed E-state index contributed by atoms with van der Waals surface area (Å²) in [4.78, 5) is 51.5. The highest BCUT2D eigenvalue weighted by Crippen LogP contribution is 2.40. The minimum atomic E-state index is -0.625. The highest BCUT2D eigenvalue weighted by Gasteiger charge is 2.41. The number of aromatic nitrogens is 2. The van der Waals surface area contributed by atoms with Gasteiger partial charge in [-0.1, -0.05) is 51.8 Å². The van der Waals surface area contributed by atoms with Gasteiger partial charge in [0.2, 0.25) is 17.8 Å². The summed E-state index contributed by atoms with van der Waals surface area (Å²) in [5.41, 5.74) is 1.61. The van der Waals surface area contributed by atoms with Crippen LogP contribution in [0, 0.1) is 11.7 Å². The Morgan fingerprint density at radius 2 is 1.85 bits per heavy atom. The van der Waals surface area contributed by atoms with Crippen LogP contribution in [0.25, 0.3) is 6.08 Å². The number of anilines is 4. The van der Waals surface area contributed by atoms with E-state index in [2.05, 4.69) is 20.5 Å². The SMILES string of the molecule is CC[C@@H]1C(=O)N(C)c2cnc(Nc3ccc(/C=C/CCCC(=O)N[C@@H](CC(C)C)C(=O)OC4CCCC4)cc3F)nc2N1C1CCCC1. The number of likely N-dealkylation sites (N-methyl/N-ethyl adjacent to an activating group) is 1. The summed E-state index contributed by atoms with van der Waals surface area (Å²) in [6, 6.07) is 4.25. The largest absolute Gasteiger partial charge is 0.461 e. The van der Waals surface area contributed by atoms with Crippen LogP contribution in [0.1, 0.15) is 110 Å². The van der Waals surface area contributed by atoms with Gasteiger partial charge in [-0.3, -0.25) is 9.59 Å². The first-order valence-corrected chi connectivity index (χ1v) is 17.8. The summed E-state index contributed by atoms with van der Waals surface area (Å²) in [6.45, 7) is 6.07. The van der Waals surface area contributed by atoms with Gasteiger partial charge in [0.05, 0.1) is 11.9 Å². The fourth-order valence-electron chi connectivity index (χ4n) is 7.10. The van der Waals surface area contributed by atoms with Gasteiger partial charge in [-0.15, -0.1) is 0 Å². The number of ether oxygens (including phenoxy) is 1. The number of rotatable bonds is 14. The molecule has 1 aromatic heterocycles. The standard InChI is InChI=1S/C37H51FN6O4/c1-5-31-35(46)43(4)32-23-39-37(42-34(32)44(31)26-14-9-10-15-26)41-29-20-19-25(22-28(29)38)13-7-6-8-18-33(45)40-30(21-24(2)3)36(47)48-27-16-11-12-17-27/h7,13,19-20,22-24,26-27,30-31H,5-6,8-12,14-18,21H2,1-4H3,(H,40,45)(H,39,41,42)/b13-7+/t30-,31+/m0/s1. The molecule has 48 heavy (non-hydrogen) atoms. The van der Waals surface area contributed by atoms with Gasteiger partial charge in [0.1, 0.15) is 29.7 Å². The molecule has 1 aliphatic heterocycles. The fraction of sp³-hybridized carbons (Fsp3) is 0.595. The number of hydrogen-bond acceptors (Lipinski definition) is 8. The van der Waals surface area contributed by atoms with Crippen molar-refractivity contribution in [2.24, 2.45) is 5.92 Å². The number of carbonyl (C=O) groups is 3. The second-order valence-electron chi connectivity index (χ2n) is 13.8. The monoisotopic (exact) mass is 662 g/mol. The van der Waals surface area contributed by atoms with E-state index in [9.17, 15) is 14.4 Å². The minimum absolute atomic E-state index is 0.0305. The molecule has 2 N–H and O–H groups in total. The summed E-state index contributed by atoms with van der Waals surface area (Å²) in [5, 5.41) is 5.92. The molecule has 0 spiro atoms. The average molecular weight is 663 g/mol. The summed E-state index contributed by atoms with van der Waals surface area (Å²) in [5.74, 6) is 0.339. The second kappa shape index (κ2) is 16.4. The maximum atomic E-state index is 15.2. The van der Waals surface area contributed by atoms with Gasteiger partial charge in [-0.2, -0.15) is 4.98 Å². The quantitative estimate of drug-likeness (QED) is 0.163. The summed E-state index contributed by atoms with van der Waals surface area (Å²) >= 11 is 0. The van der Waals surface area contributed by atoms with Crippen molar-refractivity contribution in [1.82, 2.24) is 15.3 Å². The van der Waals surface area contributed by atoms with Gasteiger partial charge in [0.15, 0.2) is 5.82 Å². The van der Waals surface area contributed by atoms with Crippen molar-refractivity contribution < 1.29 is 23.5 Å². The zero-order valence-electron chi connectivity index (χ0n) is 28.8. The van der Waals surface area contributed by atoms with Gasteiger partial charge in [-0.25, -0.2) is 14.2 Å². The first kappa shape index (κ1) is 35.3. The molecule has 2 amide bonds. The second-order valence-corrected chi connectivity index (χ2v) is 13.8. The van der Waals surface area contributed by atoms with E-state index in [0.29, 0.717) is 42.8 Å².